The first-order valence-electron chi connectivity index (χ1n) is 7.10. The molecule has 1 N–H and O–H groups in total. The van der Waals surface area contributed by atoms with Gasteiger partial charge in [-0.2, -0.15) is 0 Å². The van der Waals surface area contributed by atoms with Crippen LogP contribution in [0.5, 0.6) is 0 Å². The third-order valence-corrected chi connectivity index (χ3v) is 6.53. The highest BCUT2D eigenvalue weighted by atomic mass is 35.5. The maximum absolute atomic E-state index is 12.1. The van der Waals surface area contributed by atoms with Crippen molar-refractivity contribution >= 4 is 65.8 Å². The molecule has 0 aliphatic heterocycles. The van der Waals surface area contributed by atoms with Crippen molar-refractivity contribution in [2.45, 2.75) is 9.79 Å². The molecule has 0 aliphatic rings. The Labute approximate surface area is 158 Å². The van der Waals surface area contributed by atoms with Gasteiger partial charge in [0, 0.05) is 16.2 Å². The van der Waals surface area contributed by atoms with Gasteiger partial charge < -0.3 is 5.32 Å². The van der Waals surface area contributed by atoms with E-state index in [1.54, 1.807) is 24.3 Å². The number of halogens is 1. The lowest BCUT2D eigenvalue weighted by Gasteiger charge is -2.02. The Kier molecular flexibility index (Phi) is 5.33. The molecule has 130 valence electrons. The molecule has 0 unspecified atom stereocenters. The minimum absolute atomic E-state index is 0.178. The minimum Gasteiger partial charge on any atom is -0.301 e. The molecule has 1 amide bonds. The summed E-state index contributed by atoms with van der Waals surface area (Å²) in [6, 6.07) is 12.0. The molecule has 3 rings (SSSR count). The molecular formula is C16H13ClN2O3S3. The van der Waals surface area contributed by atoms with Crippen LogP contribution in [-0.2, 0) is 14.6 Å². The van der Waals surface area contributed by atoms with Gasteiger partial charge in [0.25, 0.3) is 0 Å². The number of amides is 1. The molecule has 5 nitrogen and oxygen atoms in total. The van der Waals surface area contributed by atoms with Gasteiger partial charge in [0.05, 0.1) is 20.9 Å². The van der Waals surface area contributed by atoms with E-state index in [2.05, 4.69) is 10.3 Å². The summed E-state index contributed by atoms with van der Waals surface area (Å²) in [7, 11) is -3.27. The summed E-state index contributed by atoms with van der Waals surface area (Å²) in [4.78, 5) is 17.6. The molecule has 0 saturated carbocycles. The largest absolute Gasteiger partial charge is 0.301 e. The number of thiazole rings is 1. The van der Waals surface area contributed by atoms with Gasteiger partial charge in [0.2, 0.25) is 5.91 Å². The van der Waals surface area contributed by atoms with Gasteiger partial charge in [-0.05, 0) is 42.5 Å². The van der Waals surface area contributed by atoms with Crippen LogP contribution in [0.25, 0.3) is 10.2 Å². The molecule has 0 saturated heterocycles. The van der Waals surface area contributed by atoms with Crippen LogP contribution in [0.2, 0.25) is 5.02 Å². The second-order valence-corrected chi connectivity index (χ2v) is 9.74. The molecule has 0 aliphatic carbocycles. The van der Waals surface area contributed by atoms with Crippen molar-refractivity contribution in [1.82, 2.24) is 4.98 Å². The number of rotatable bonds is 5. The maximum atomic E-state index is 12.1. The summed E-state index contributed by atoms with van der Waals surface area (Å²) >= 11 is 8.47. The molecule has 9 heteroatoms. The van der Waals surface area contributed by atoms with Crippen molar-refractivity contribution in [3.63, 3.8) is 0 Å². The number of carbonyl (C=O) groups is 1. The highest BCUT2D eigenvalue weighted by Crippen LogP contribution is 2.28. The number of aromatic nitrogens is 1. The Hall–Kier alpha value is -1.61. The van der Waals surface area contributed by atoms with Crippen LogP contribution >= 0.6 is 34.7 Å². The Balaban J connectivity index is 1.67. The summed E-state index contributed by atoms with van der Waals surface area (Å²) in [5.74, 6) is 0.0638. The lowest BCUT2D eigenvalue weighted by Crippen LogP contribution is -2.13. The number of anilines is 1. The Morgan fingerprint density at radius 2 is 1.96 bits per heavy atom. The number of nitrogens with one attached hydrogen (secondary N) is 1. The summed E-state index contributed by atoms with van der Waals surface area (Å²) in [6.45, 7) is 0. The summed E-state index contributed by atoms with van der Waals surface area (Å²) in [6.07, 6.45) is 1.16. The topological polar surface area (TPSA) is 76.1 Å². The normalized spacial score (nSPS) is 11.6. The standard InChI is InChI=1S/C16H13ClN2O3S3/c1-25(21,22)12-6-7-13-14(8-12)24-16(18-13)19-15(20)9-23-11-4-2-10(17)3-5-11/h2-8H,9H2,1H3,(H,18,19,20). The molecule has 0 bridgehead atoms. The lowest BCUT2D eigenvalue weighted by atomic mass is 10.3. The number of thioether (sulfide) groups is 1. The van der Waals surface area contributed by atoms with Crippen molar-refractivity contribution in [2.24, 2.45) is 0 Å². The molecule has 1 heterocycles. The SMILES string of the molecule is CS(=O)(=O)c1ccc2nc(NC(=O)CSc3ccc(Cl)cc3)sc2c1. The molecular weight excluding hydrogens is 400 g/mol. The molecule has 0 fully saturated rings. The second kappa shape index (κ2) is 7.33. The van der Waals surface area contributed by atoms with Crippen molar-refractivity contribution in [2.75, 3.05) is 17.3 Å². The Morgan fingerprint density at radius 3 is 2.64 bits per heavy atom. The van der Waals surface area contributed by atoms with Gasteiger partial charge in [-0.3, -0.25) is 4.79 Å². The highest BCUT2D eigenvalue weighted by Gasteiger charge is 2.12. The van der Waals surface area contributed by atoms with Gasteiger partial charge in [-0.15, -0.1) is 11.8 Å². The van der Waals surface area contributed by atoms with Crippen LogP contribution < -0.4 is 5.32 Å². The lowest BCUT2D eigenvalue weighted by molar-refractivity contribution is -0.113. The van der Waals surface area contributed by atoms with E-state index in [0.717, 1.165) is 11.2 Å². The average molecular weight is 413 g/mol. The molecule has 2 aromatic carbocycles. The van der Waals surface area contributed by atoms with E-state index in [-0.39, 0.29) is 16.6 Å². The minimum atomic E-state index is -3.27. The van der Waals surface area contributed by atoms with Crippen LogP contribution in [0, 0.1) is 0 Å². The Bertz CT molecular complexity index is 1030. The average Bonchev–Trinajstić information content (AvgIpc) is 2.94. The van der Waals surface area contributed by atoms with Crippen LogP contribution in [0.3, 0.4) is 0 Å². The predicted molar refractivity (Wildman–Crippen MR) is 104 cm³/mol. The van der Waals surface area contributed by atoms with Gasteiger partial charge >= 0.3 is 0 Å². The summed E-state index contributed by atoms with van der Waals surface area (Å²) in [5.41, 5.74) is 0.651. The number of carbonyl (C=O) groups excluding carboxylic acids is 1. The fraction of sp³-hybridized carbons (Fsp3) is 0.125. The number of sulfone groups is 1. The monoisotopic (exact) mass is 412 g/mol. The predicted octanol–water partition coefficient (Wildman–Crippen LogP) is 4.08. The molecule has 0 radical (unpaired) electrons. The fourth-order valence-corrected chi connectivity index (χ4v) is 4.49. The molecule has 0 spiro atoms. The van der Waals surface area contributed by atoms with Gasteiger partial charge in [-0.1, -0.05) is 22.9 Å². The number of benzene rings is 2. The highest BCUT2D eigenvalue weighted by molar-refractivity contribution is 8.00. The molecule has 1 aromatic heterocycles. The third kappa shape index (κ3) is 4.72. The van der Waals surface area contributed by atoms with Crippen molar-refractivity contribution < 1.29 is 13.2 Å². The van der Waals surface area contributed by atoms with Crippen LogP contribution in [0.1, 0.15) is 0 Å². The van der Waals surface area contributed by atoms with E-state index in [1.165, 1.54) is 29.2 Å². The van der Waals surface area contributed by atoms with E-state index in [0.29, 0.717) is 20.4 Å². The quantitative estimate of drug-likeness (QED) is 0.639. The first kappa shape index (κ1) is 18.2. The number of fused-ring (bicyclic) bond motifs is 1. The van der Waals surface area contributed by atoms with Gasteiger partial charge in [0.15, 0.2) is 15.0 Å². The van der Waals surface area contributed by atoms with E-state index < -0.39 is 9.84 Å². The van der Waals surface area contributed by atoms with Gasteiger partial charge in [-0.25, -0.2) is 13.4 Å². The number of hydrogen-bond acceptors (Lipinski definition) is 6. The van der Waals surface area contributed by atoms with E-state index in [9.17, 15) is 13.2 Å². The van der Waals surface area contributed by atoms with Crippen molar-refractivity contribution in [3.8, 4) is 0 Å². The molecule has 3 aromatic rings. The van der Waals surface area contributed by atoms with Crippen LogP contribution in [-0.4, -0.2) is 31.3 Å². The molecule has 0 atom stereocenters. The van der Waals surface area contributed by atoms with Crippen molar-refractivity contribution in [3.05, 3.63) is 47.5 Å². The Morgan fingerprint density at radius 1 is 1.24 bits per heavy atom. The first-order chi connectivity index (χ1) is 11.8. The number of nitrogens with zero attached hydrogens (tertiary/aromatic N) is 1. The van der Waals surface area contributed by atoms with Crippen LogP contribution in [0.4, 0.5) is 5.13 Å². The zero-order valence-electron chi connectivity index (χ0n) is 13.0. The van der Waals surface area contributed by atoms with E-state index >= 15 is 0 Å². The first-order valence-corrected chi connectivity index (χ1v) is 11.2. The summed E-state index contributed by atoms with van der Waals surface area (Å²) in [5, 5.41) is 3.84. The number of hydrogen-bond donors (Lipinski definition) is 1. The van der Waals surface area contributed by atoms with Crippen LogP contribution in [0.15, 0.2) is 52.3 Å². The van der Waals surface area contributed by atoms with E-state index in [4.69, 9.17) is 11.6 Å². The smallest absolute Gasteiger partial charge is 0.236 e. The summed E-state index contributed by atoms with van der Waals surface area (Å²) < 4.78 is 23.9. The van der Waals surface area contributed by atoms with Crippen molar-refractivity contribution in [1.29, 1.82) is 0 Å². The maximum Gasteiger partial charge on any atom is 0.236 e. The fourth-order valence-electron chi connectivity index (χ4n) is 2.02. The van der Waals surface area contributed by atoms with E-state index in [1.807, 2.05) is 12.1 Å². The second-order valence-electron chi connectivity index (χ2n) is 5.21. The molecule has 25 heavy (non-hydrogen) atoms. The third-order valence-electron chi connectivity index (χ3n) is 3.22. The zero-order valence-corrected chi connectivity index (χ0v) is 16.2. The zero-order chi connectivity index (χ0) is 18.0. The van der Waals surface area contributed by atoms with Gasteiger partial charge in [0.1, 0.15) is 0 Å².